The molecule has 0 heterocycles. The van der Waals surface area contributed by atoms with Crippen LogP contribution in [0.1, 0.15) is 19.4 Å². The molecule has 0 atom stereocenters. The number of aryl methyl sites for hydroxylation is 1. The fraction of sp³-hybridized carbons (Fsp3) is 0.263. The zero-order valence-corrected chi connectivity index (χ0v) is 15.2. The van der Waals surface area contributed by atoms with Gasteiger partial charge in [-0.25, -0.2) is 0 Å². The van der Waals surface area contributed by atoms with Gasteiger partial charge in [0.25, 0.3) is 5.91 Å². The summed E-state index contributed by atoms with van der Waals surface area (Å²) in [6, 6.07) is 12.1. The molecule has 0 spiro atoms. The molecule has 0 saturated carbocycles. The van der Waals surface area contributed by atoms with Crippen molar-refractivity contribution >= 4 is 34.8 Å². The number of carbonyl (C=O) groups excluding carboxylic acids is 2. The molecule has 0 aromatic heterocycles. The van der Waals surface area contributed by atoms with Crippen LogP contribution in [0, 0.1) is 12.8 Å². The molecular weight excluding hydrogens is 340 g/mol. The van der Waals surface area contributed by atoms with Crippen LogP contribution in [0.5, 0.6) is 5.75 Å². The van der Waals surface area contributed by atoms with Gasteiger partial charge in [-0.2, -0.15) is 0 Å². The summed E-state index contributed by atoms with van der Waals surface area (Å²) in [4.78, 5) is 23.6. The summed E-state index contributed by atoms with van der Waals surface area (Å²) < 4.78 is 5.45. The number of rotatable bonds is 6. The average Bonchev–Trinajstić information content (AvgIpc) is 2.57. The lowest BCUT2D eigenvalue weighted by atomic mass is 10.2. The highest BCUT2D eigenvalue weighted by atomic mass is 35.5. The van der Waals surface area contributed by atoms with Gasteiger partial charge in [-0.1, -0.05) is 25.4 Å². The summed E-state index contributed by atoms with van der Waals surface area (Å²) in [5.41, 5.74) is 2.20. The Kier molecular flexibility index (Phi) is 6.42. The SMILES string of the molecule is Cc1cc(OCC(=O)Nc2ccc(NC(=O)C(C)C)cc2)ccc1Cl. The summed E-state index contributed by atoms with van der Waals surface area (Å²) in [5.74, 6) is 0.173. The van der Waals surface area contributed by atoms with Gasteiger partial charge in [-0.05, 0) is 55.0 Å². The second-order valence-corrected chi connectivity index (χ2v) is 6.38. The van der Waals surface area contributed by atoms with Crippen molar-refractivity contribution in [3.05, 3.63) is 53.1 Å². The van der Waals surface area contributed by atoms with Crippen LogP contribution < -0.4 is 15.4 Å². The molecule has 0 aliphatic carbocycles. The van der Waals surface area contributed by atoms with E-state index < -0.39 is 0 Å². The van der Waals surface area contributed by atoms with E-state index in [1.165, 1.54) is 0 Å². The van der Waals surface area contributed by atoms with E-state index >= 15 is 0 Å². The molecule has 2 aromatic carbocycles. The molecule has 0 fully saturated rings. The van der Waals surface area contributed by atoms with E-state index in [1.54, 1.807) is 42.5 Å². The normalized spacial score (nSPS) is 10.4. The molecule has 25 heavy (non-hydrogen) atoms. The van der Waals surface area contributed by atoms with Crippen LogP contribution in [0.4, 0.5) is 11.4 Å². The standard InChI is InChI=1S/C19H21ClN2O3/c1-12(2)19(24)22-15-6-4-14(5-7-15)21-18(23)11-25-16-8-9-17(20)13(3)10-16/h4-10,12H,11H2,1-3H3,(H,21,23)(H,22,24). The van der Waals surface area contributed by atoms with E-state index in [9.17, 15) is 9.59 Å². The van der Waals surface area contributed by atoms with E-state index in [-0.39, 0.29) is 24.3 Å². The highest BCUT2D eigenvalue weighted by molar-refractivity contribution is 6.31. The first-order valence-corrected chi connectivity index (χ1v) is 8.32. The summed E-state index contributed by atoms with van der Waals surface area (Å²) in [7, 11) is 0. The van der Waals surface area contributed by atoms with Crippen LogP contribution in [-0.2, 0) is 9.59 Å². The maximum absolute atomic E-state index is 12.0. The maximum atomic E-state index is 12.0. The molecule has 6 heteroatoms. The van der Waals surface area contributed by atoms with Crippen molar-refractivity contribution in [3.8, 4) is 5.75 Å². The van der Waals surface area contributed by atoms with Crippen molar-refractivity contribution in [1.82, 2.24) is 0 Å². The second-order valence-electron chi connectivity index (χ2n) is 5.97. The predicted molar refractivity (Wildman–Crippen MR) is 100 cm³/mol. The quantitative estimate of drug-likeness (QED) is 0.808. The van der Waals surface area contributed by atoms with Gasteiger partial charge in [0.05, 0.1) is 0 Å². The summed E-state index contributed by atoms with van der Waals surface area (Å²) in [6.07, 6.45) is 0. The van der Waals surface area contributed by atoms with Crippen molar-refractivity contribution < 1.29 is 14.3 Å². The number of hydrogen-bond acceptors (Lipinski definition) is 3. The Bertz CT molecular complexity index is 758. The van der Waals surface area contributed by atoms with Crippen molar-refractivity contribution in [2.45, 2.75) is 20.8 Å². The summed E-state index contributed by atoms with van der Waals surface area (Å²) >= 11 is 5.95. The van der Waals surface area contributed by atoms with Gasteiger partial charge in [0.1, 0.15) is 5.75 Å². The first kappa shape index (κ1) is 18.8. The minimum Gasteiger partial charge on any atom is -0.484 e. The smallest absolute Gasteiger partial charge is 0.262 e. The number of hydrogen-bond donors (Lipinski definition) is 2. The maximum Gasteiger partial charge on any atom is 0.262 e. The highest BCUT2D eigenvalue weighted by Crippen LogP contribution is 2.21. The molecule has 5 nitrogen and oxygen atoms in total. The van der Waals surface area contributed by atoms with Gasteiger partial charge in [-0.15, -0.1) is 0 Å². The third-order valence-electron chi connectivity index (χ3n) is 3.46. The third kappa shape index (κ3) is 5.80. The lowest BCUT2D eigenvalue weighted by Gasteiger charge is -2.10. The first-order valence-electron chi connectivity index (χ1n) is 7.95. The van der Waals surface area contributed by atoms with Gasteiger partial charge in [0, 0.05) is 22.3 Å². The van der Waals surface area contributed by atoms with Crippen molar-refractivity contribution in [2.24, 2.45) is 5.92 Å². The first-order chi connectivity index (χ1) is 11.8. The molecule has 0 aliphatic heterocycles. The Morgan fingerprint density at radius 3 is 2.20 bits per heavy atom. The molecule has 2 amide bonds. The Hall–Kier alpha value is -2.53. The van der Waals surface area contributed by atoms with E-state index in [1.807, 2.05) is 20.8 Å². The molecule has 2 rings (SSSR count). The summed E-state index contributed by atoms with van der Waals surface area (Å²) in [5, 5.41) is 6.18. The van der Waals surface area contributed by atoms with Crippen molar-refractivity contribution in [3.63, 3.8) is 0 Å². The number of benzene rings is 2. The lowest BCUT2D eigenvalue weighted by Crippen LogP contribution is -2.20. The van der Waals surface area contributed by atoms with Crippen LogP contribution in [-0.4, -0.2) is 18.4 Å². The molecule has 0 saturated heterocycles. The molecule has 0 unspecified atom stereocenters. The zero-order chi connectivity index (χ0) is 18.4. The van der Waals surface area contributed by atoms with Crippen LogP contribution in [0.25, 0.3) is 0 Å². The van der Waals surface area contributed by atoms with Crippen LogP contribution >= 0.6 is 11.6 Å². The summed E-state index contributed by atoms with van der Waals surface area (Å²) in [6.45, 7) is 5.42. The van der Waals surface area contributed by atoms with Crippen molar-refractivity contribution in [2.75, 3.05) is 17.2 Å². The topological polar surface area (TPSA) is 67.4 Å². The third-order valence-corrected chi connectivity index (χ3v) is 3.88. The van der Waals surface area contributed by atoms with Gasteiger partial charge in [0.2, 0.25) is 5.91 Å². The minimum absolute atomic E-state index is 0.0524. The number of amides is 2. The van der Waals surface area contributed by atoms with Crippen LogP contribution in [0.3, 0.4) is 0 Å². The largest absolute Gasteiger partial charge is 0.484 e. The Morgan fingerprint density at radius 2 is 1.64 bits per heavy atom. The fourth-order valence-electron chi connectivity index (χ4n) is 1.98. The Morgan fingerprint density at radius 1 is 1.04 bits per heavy atom. The molecule has 2 N–H and O–H groups in total. The number of anilines is 2. The Balaban J connectivity index is 1.85. The predicted octanol–water partition coefficient (Wildman–Crippen LogP) is 4.26. The van der Waals surface area contributed by atoms with E-state index in [0.29, 0.717) is 22.1 Å². The average molecular weight is 361 g/mol. The van der Waals surface area contributed by atoms with E-state index in [4.69, 9.17) is 16.3 Å². The van der Waals surface area contributed by atoms with Gasteiger partial charge in [0.15, 0.2) is 6.61 Å². The molecular formula is C19H21ClN2O3. The van der Waals surface area contributed by atoms with Gasteiger partial charge < -0.3 is 15.4 Å². The van der Waals surface area contributed by atoms with Crippen molar-refractivity contribution in [1.29, 1.82) is 0 Å². The van der Waals surface area contributed by atoms with E-state index in [2.05, 4.69) is 10.6 Å². The minimum atomic E-state index is -0.272. The number of nitrogens with one attached hydrogen (secondary N) is 2. The highest BCUT2D eigenvalue weighted by Gasteiger charge is 2.08. The molecule has 0 bridgehead atoms. The second kappa shape index (κ2) is 8.53. The van der Waals surface area contributed by atoms with Crippen LogP contribution in [0.15, 0.2) is 42.5 Å². The van der Waals surface area contributed by atoms with Crippen LogP contribution in [0.2, 0.25) is 5.02 Å². The fourth-order valence-corrected chi connectivity index (χ4v) is 2.09. The number of carbonyl (C=O) groups is 2. The molecule has 0 aliphatic rings. The molecule has 2 aromatic rings. The van der Waals surface area contributed by atoms with E-state index in [0.717, 1.165) is 5.56 Å². The van der Waals surface area contributed by atoms with Gasteiger partial charge in [-0.3, -0.25) is 9.59 Å². The zero-order valence-electron chi connectivity index (χ0n) is 14.4. The lowest BCUT2D eigenvalue weighted by molar-refractivity contribution is -0.119. The monoisotopic (exact) mass is 360 g/mol. The molecule has 0 radical (unpaired) electrons. The Labute approximate surface area is 152 Å². The molecule has 132 valence electrons. The van der Waals surface area contributed by atoms with Gasteiger partial charge >= 0.3 is 0 Å². The number of ether oxygens (including phenoxy) is 1. The number of halogens is 1.